The number of aryl methyl sites for hydroxylation is 1. The molecule has 1 spiro atoms. The fourth-order valence-corrected chi connectivity index (χ4v) is 3.84. The molecule has 0 saturated carbocycles. The molecule has 0 aliphatic carbocycles. The van der Waals surface area contributed by atoms with Crippen molar-refractivity contribution in [2.24, 2.45) is 5.92 Å². The first-order valence-electron chi connectivity index (χ1n) is 9.02. The Morgan fingerprint density at radius 3 is 2.92 bits per heavy atom. The van der Waals surface area contributed by atoms with E-state index in [2.05, 4.69) is 9.97 Å². The fraction of sp³-hybridized carbons (Fsp3) is 0.526. The Hall–Kier alpha value is -2.41. The van der Waals surface area contributed by atoms with Crippen LogP contribution >= 0.6 is 0 Å². The number of rotatable bonds is 5. The molecule has 0 N–H and O–H groups in total. The lowest BCUT2D eigenvalue weighted by Crippen LogP contribution is -2.66. The molecule has 0 bridgehead atoms. The summed E-state index contributed by atoms with van der Waals surface area (Å²) >= 11 is 0. The van der Waals surface area contributed by atoms with Crippen LogP contribution in [-0.4, -0.2) is 52.7 Å². The number of hydrogen-bond donors (Lipinski definition) is 0. The van der Waals surface area contributed by atoms with Gasteiger partial charge in [-0.15, -0.1) is 0 Å². The van der Waals surface area contributed by atoms with Crippen LogP contribution in [0.2, 0.25) is 0 Å². The molecule has 0 radical (unpaired) electrons. The van der Waals surface area contributed by atoms with Gasteiger partial charge in [-0.3, -0.25) is 4.79 Å². The van der Waals surface area contributed by atoms with Crippen LogP contribution in [0.5, 0.6) is 6.01 Å². The number of aromatic nitrogens is 2. The lowest BCUT2D eigenvalue weighted by molar-refractivity contribution is -0.166. The summed E-state index contributed by atoms with van der Waals surface area (Å²) < 4.78 is 16.9. The van der Waals surface area contributed by atoms with Gasteiger partial charge in [-0.05, 0) is 44.2 Å². The van der Waals surface area contributed by atoms with Crippen molar-refractivity contribution in [1.29, 1.82) is 0 Å². The van der Waals surface area contributed by atoms with E-state index in [1.807, 2.05) is 11.8 Å². The molecule has 2 aliphatic rings. The normalized spacial score (nSPS) is 21.4. The van der Waals surface area contributed by atoms with Crippen LogP contribution < -0.4 is 4.74 Å². The van der Waals surface area contributed by atoms with E-state index < -0.39 is 0 Å². The molecule has 2 aliphatic heterocycles. The van der Waals surface area contributed by atoms with Crippen molar-refractivity contribution >= 4 is 5.91 Å². The highest BCUT2D eigenvalue weighted by atomic mass is 16.5. The van der Waals surface area contributed by atoms with Gasteiger partial charge in [0.15, 0.2) is 0 Å². The smallest absolute Gasteiger partial charge is 0.316 e. The van der Waals surface area contributed by atoms with E-state index in [1.165, 1.54) is 0 Å². The van der Waals surface area contributed by atoms with E-state index in [0.29, 0.717) is 42.9 Å². The van der Waals surface area contributed by atoms with Crippen LogP contribution in [0.1, 0.15) is 35.4 Å². The summed E-state index contributed by atoms with van der Waals surface area (Å²) in [7, 11) is 0. The Balaban J connectivity index is 1.27. The summed E-state index contributed by atoms with van der Waals surface area (Å²) in [6.45, 7) is 4.44. The highest BCUT2D eigenvalue weighted by Crippen LogP contribution is 2.38. The van der Waals surface area contributed by atoms with Gasteiger partial charge in [0.2, 0.25) is 0 Å². The van der Waals surface area contributed by atoms with Gasteiger partial charge in [0.1, 0.15) is 11.4 Å². The van der Waals surface area contributed by atoms with E-state index in [0.717, 1.165) is 25.9 Å². The van der Waals surface area contributed by atoms with Crippen LogP contribution in [0, 0.1) is 12.8 Å². The van der Waals surface area contributed by atoms with Gasteiger partial charge in [-0.1, -0.05) is 0 Å². The van der Waals surface area contributed by atoms with Crippen molar-refractivity contribution in [3.8, 4) is 6.01 Å². The number of carbonyl (C=O) groups excluding carboxylic acids is 1. The number of amides is 1. The molecule has 138 valence electrons. The van der Waals surface area contributed by atoms with Crippen LogP contribution in [0.15, 0.2) is 35.2 Å². The summed E-state index contributed by atoms with van der Waals surface area (Å²) in [4.78, 5) is 22.5. The van der Waals surface area contributed by atoms with Gasteiger partial charge < -0.3 is 18.8 Å². The zero-order valence-electron chi connectivity index (χ0n) is 14.9. The zero-order chi connectivity index (χ0) is 18.0. The predicted octanol–water partition coefficient (Wildman–Crippen LogP) is 2.47. The molecule has 7 nitrogen and oxygen atoms in total. The van der Waals surface area contributed by atoms with E-state index in [1.54, 1.807) is 30.8 Å². The van der Waals surface area contributed by atoms with Crippen molar-refractivity contribution in [3.63, 3.8) is 0 Å². The molecule has 2 saturated heterocycles. The molecule has 0 aromatic carbocycles. The maximum atomic E-state index is 12.5. The Morgan fingerprint density at radius 2 is 2.19 bits per heavy atom. The molecule has 2 aromatic rings. The maximum absolute atomic E-state index is 12.5. The number of likely N-dealkylation sites (tertiary alicyclic amines) is 1. The topological polar surface area (TPSA) is 77.7 Å². The average Bonchev–Trinajstić information content (AvgIpc) is 3.06. The standard InChI is InChI=1S/C19H23N3O4/c1-14-16(5-9-24-14)17(23)22-12-19(13-22)11-15(4-10-26-19)3-8-25-18-20-6-2-7-21-18/h2,5-7,9,15H,3-4,8,10-13H2,1H3. The third-order valence-corrected chi connectivity index (χ3v) is 5.23. The van der Waals surface area contributed by atoms with Crippen molar-refractivity contribution in [1.82, 2.24) is 14.9 Å². The molecule has 1 amide bonds. The SMILES string of the molecule is Cc1occc1C(=O)N1CC2(CC(CCOc3ncccn3)CCO2)C1. The highest BCUT2D eigenvalue weighted by molar-refractivity contribution is 5.95. The van der Waals surface area contributed by atoms with Crippen LogP contribution in [0.25, 0.3) is 0 Å². The van der Waals surface area contributed by atoms with E-state index in [9.17, 15) is 4.79 Å². The van der Waals surface area contributed by atoms with Crippen LogP contribution in [-0.2, 0) is 4.74 Å². The molecule has 26 heavy (non-hydrogen) atoms. The third-order valence-electron chi connectivity index (χ3n) is 5.23. The third kappa shape index (κ3) is 3.44. The van der Waals surface area contributed by atoms with E-state index in [4.69, 9.17) is 13.9 Å². The molecule has 4 rings (SSSR count). The van der Waals surface area contributed by atoms with Gasteiger partial charge in [0.25, 0.3) is 5.91 Å². The average molecular weight is 357 g/mol. The quantitative estimate of drug-likeness (QED) is 0.818. The zero-order valence-corrected chi connectivity index (χ0v) is 14.9. The second kappa shape index (κ2) is 7.07. The summed E-state index contributed by atoms with van der Waals surface area (Å²) in [5.74, 6) is 1.22. The Labute approximate surface area is 152 Å². The minimum absolute atomic E-state index is 0.0251. The van der Waals surface area contributed by atoms with E-state index in [-0.39, 0.29) is 11.5 Å². The first-order valence-corrected chi connectivity index (χ1v) is 9.02. The summed E-state index contributed by atoms with van der Waals surface area (Å²) in [5, 5.41) is 0. The lowest BCUT2D eigenvalue weighted by atomic mass is 9.79. The van der Waals surface area contributed by atoms with Crippen molar-refractivity contribution in [2.75, 3.05) is 26.3 Å². The largest absolute Gasteiger partial charge is 0.469 e. The number of furan rings is 1. The van der Waals surface area contributed by atoms with Crippen molar-refractivity contribution < 1.29 is 18.7 Å². The van der Waals surface area contributed by atoms with Crippen molar-refractivity contribution in [3.05, 3.63) is 42.1 Å². The predicted molar refractivity (Wildman–Crippen MR) is 92.9 cm³/mol. The summed E-state index contributed by atoms with van der Waals surface area (Å²) in [6.07, 6.45) is 7.83. The first kappa shape index (κ1) is 17.0. The molecule has 1 unspecified atom stereocenters. The van der Waals surface area contributed by atoms with Gasteiger partial charge >= 0.3 is 6.01 Å². The number of ether oxygens (including phenoxy) is 2. The second-order valence-corrected chi connectivity index (χ2v) is 7.11. The Morgan fingerprint density at radius 1 is 1.38 bits per heavy atom. The monoisotopic (exact) mass is 357 g/mol. The van der Waals surface area contributed by atoms with E-state index >= 15 is 0 Å². The molecule has 4 heterocycles. The lowest BCUT2D eigenvalue weighted by Gasteiger charge is -2.53. The molecular formula is C19H23N3O4. The highest BCUT2D eigenvalue weighted by Gasteiger charge is 2.49. The van der Waals surface area contributed by atoms with Gasteiger partial charge in [-0.25, -0.2) is 9.97 Å². The molecule has 2 aromatic heterocycles. The Kier molecular flexibility index (Phi) is 4.63. The van der Waals surface area contributed by atoms with Gasteiger partial charge in [-0.2, -0.15) is 0 Å². The number of hydrogen-bond acceptors (Lipinski definition) is 6. The fourth-order valence-electron chi connectivity index (χ4n) is 3.84. The van der Waals surface area contributed by atoms with Crippen molar-refractivity contribution in [2.45, 2.75) is 31.8 Å². The van der Waals surface area contributed by atoms with Crippen LogP contribution in [0.4, 0.5) is 0 Å². The second-order valence-electron chi connectivity index (χ2n) is 7.11. The molecule has 1 atom stereocenters. The number of carbonyl (C=O) groups is 1. The minimum Gasteiger partial charge on any atom is -0.469 e. The maximum Gasteiger partial charge on any atom is 0.316 e. The summed E-state index contributed by atoms with van der Waals surface area (Å²) in [6, 6.07) is 3.92. The Bertz CT molecular complexity index is 755. The minimum atomic E-state index is -0.195. The number of nitrogens with zero attached hydrogens (tertiary/aromatic N) is 3. The van der Waals surface area contributed by atoms with Gasteiger partial charge in [0.05, 0.1) is 31.5 Å². The molecule has 7 heteroatoms. The van der Waals surface area contributed by atoms with Crippen LogP contribution in [0.3, 0.4) is 0 Å². The molecular weight excluding hydrogens is 334 g/mol. The first-order chi connectivity index (χ1) is 12.7. The summed E-state index contributed by atoms with van der Waals surface area (Å²) in [5.41, 5.74) is 0.447. The van der Waals surface area contributed by atoms with Gasteiger partial charge in [0, 0.05) is 19.0 Å². The molecule has 2 fully saturated rings.